The van der Waals surface area contributed by atoms with E-state index >= 15 is 0 Å². The molecular formula is C11H12N2O3. The van der Waals surface area contributed by atoms with E-state index in [-0.39, 0.29) is 12.3 Å². The van der Waals surface area contributed by atoms with Crippen molar-refractivity contribution in [1.29, 1.82) is 0 Å². The van der Waals surface area contributed by atoms with Gasteiger partial charge in [0.2, 0.25) is 5.91 Å². The van der Waals surface area contributed by atoms with Gasteiger partial charge in [0.25, 0.3) is 0 Å². The zero-order valence-electron chi connectivity index (χ0n) is 8.51. The molecule has 0 aliphatic carbocycles. The summed E-state index contributed by atoms with van der Waals surface area (Å²) in [6.45, 7) is 0. The van der Waals surface area contributed by atoms with Crippen molar-refractivity contribution in [2.75, 3.05) is 5.32 Å². The molecule has 0 saturated carbocycles. The molecule has 0 aromatic heterocycles. The standard InChI is InChI=1S/C11H12N2O3/c12-8(11(15)16)5-7-6-3-1-2-4-9(6)13-10(7)14/h1-4,7-8H,5,12H2,(H,13,14)(H,15,16). The van der Waals surface area contributed by atoms with Gasteiger partial charge in [-0.2, -0.15) is 0 Å². The number of carbonyl (C=O) groups is 2. The van der Waals surface area contributed by atoms with Gasteiger partial charge in [-0.25, -0.2) is 0 Å². The van der Waals surface area contributed by atoms with Crippen LogP contribution < -0.4 is 11.1 Å². The number of carboxylic acid groups (broad SMARTS) is 1. The SMILES string of the molecule is NC(CC1C(=O)Nc2ccccc21)C(=O)O. The lowest BCUT2D eigenvalue weighted by atomic mass is 9.94. The molecule has 1 aromatic rings. The predicted molar refractivity (Wildman–Crippen MR) is 58.0 cm³/mol. The van der Waals surface area contributed by atoms with Crippen molar-refractivity contribution in [2.24, 2.45) is 5.73 Å². The monoisotopic (exact) mass is 220 g/mol. The van der Waals surface area contributed by atoms with Crippen LogP contribution in [-0.4, -0.2) is 23.0 Å². The van der Waals surface area contributed by atoms with Gasteiger partial charge >= 0.3 is 5.97 Å². The van der Waals surface area contributed by atoms with Gasteiger partial charge in [0.1, 0.15) is 6.04 Å². The van der Waals surface area contributed by atoms with E-state index in [2.05, 4.69) is 5.32 Å². The summed E-state index contributed by atoms with van der Waals surface area (Å²) in [5, 5.41) is 11.4. The number of carboxylic acids is 1. The molecule has 1 amide bonds. The summed E-state index contributed by atoms with van der Waals surface area (Å²) in [6, 6.07) is 6.23. The van der Waals surface area contributed by atoms with Gasteiger partial charge in [0, 0.05) is 5.69 Å². The predicted octanol–water partition coefficient (Wildman–Crippen LogP) is 0.524. The second kappa shape index (κ2) is 3.94. The Morgan fingerprint density at radius 2 is 2.19 bits per heavy atom. The molecule has 1 aromatic carbocycles. The Bertz CT molecular complexity index is 445. The molecule has 84 valence electrons. The molecule has 2 atom stereocenters. The first-order chi connectivity index (χ1) is 7.59. The number of rotatable bonds is 3. The molecule has 0 bridgehead atoms. The molecule has 16 heavy (non-hydrogen) atoms. The molecule has 0 radical (unpaired) electrons. The highest BCUT2D eigenvalue weighted by Crippen LogP contribution is 2.34. The highest BCUT2D eigenvalue weighted by molar-refractivity contribution is 6.03. The van der Waals surface area contributed by atoms with Gasteiger partial charge in [0.15, 0.2) is 0 Å². The van der Waals surface area contributed by atoms with Crippen molar-refractivity contribution >= 4 is 17.6 Å². The van der Waals surface area contributed by atoms with Gasteiger partial charge in [-0.15, -0.1) is 0 Å². The number of aliphatic carboxylic acids is 1. The van der Waals surface area contributed by atoms with E-state index in [4.69, 9.17) is 10.8 Å². The second-order valence-corrected chi connectivity index (χ2v) is 3.81. The first-order valence-corrected chi connectivity index (χ1v) is 4.98. The molecular weight excluding hydrogens is 208 g/mol. The summed E-state index contributed by atoms with van der Waals surface area (Å²) in [5.74, 6) is -1.72. The van der Waals surface area contributed by atoms with Crippen LogP contribution in [-0.2, 0) is 9.59 Å². The van der Waals surface area contributed by atoms with E-state index in [1.165, 1.54) is 0 Å². The Balaban J connectivity index is 2.22. The molecule has 2 rings (SSSR count). The smallest absolute Gasteiger partial charge is 0.320 e. The summed E-state index contributed by atoms with van der Waals surface area (Å²) < 4.78 is 0. The third-order valence-electron chi connectivity index (χ3n) is 2.72. The number of hydrogen-bond acceptors (Lipinski definition) is 3. The lowest BCUT2D eigenvalue weighted by molar-refractivity contribution is -0.138. The summed E-state index contributed by atoms with van der Waals surface area (Å²) in [4.78, 5) is 22.3. The van der Waals surface area contributed by atoms with Crippen molar-refractivity contribution in [2.45, 2.75) is 18.4 Å². The Kier molecular flexibility index (Phi) is 2.62. The number of hydrogen-bond donors (Lipinski definition) is 3. The number of benzene rings is 1. The third kappa shape index (κ3) is 1.77. The second-order valence-electron chi connectivity index (χ2n) is 3.81. The van der Waals surface area contributed by atoms with Gasteiger partial charge in [-0.1, -0.05) is 18.2 Å². The number of nitrogens with one attached hydrogen (secondary N) is 1. The lowest BCUT2D eigenvalue weighted by Crippen LogP contribution is -2.33. The maximum absolute atomic E-state index is 11.6. The molecule has 1 aliphatic heterocycles. The van der Waals surface area contributed by atoms with E-state index in [1.807, 2.05) is 18.2 Å². The fraction of sp³-hybridized carbons (Fsp3) is 0.273. The van der Waals surface area contributed by atoms with Crippen LogP contribution in [0.15, 0.2) is 24.3 Å². The maximum atomic E-state index is 11.6. The number of nitrogens with two attached hydrogens (primary N) is 1. The summed E-state index contributed by atoms with van der Waals surface area (Å²) >= 11 is 0. The van der Waals surface area contributed by atoms with E-state index in [9.17, 15) is 9.59 Å². The van der Waals surface area contributed by atoms with Crippen molar-refractivity contribution in [1.82, 2.24) is 0 Å². The van der Waals surface area contributed by atoms with Crippen molar-refractivity contribution in [3.05, 3.63) is 29.8 Å². The van der Waals surface area contributed by atoms with Crippen LogP contribution in [0.2, 0.25) is 0 Å². The van der Waals surface area contributed by atoms with Gasteiger partial charge in [0.05, 0.1) is 5.92 Å². The molecule has 2 unspecified atom stereocenters. The zero-order chi connectivity index (χ0) is 11.7. The Labute approximate surface area is 92.3 Å². The number of carbonyl (C=O) groups excluding carboxylic acids is 1. The highest BCUT2D eigenvalue weighted by atomic mass is 16.4. The van der Waals surface area contributed by atoms with Crippen LogP contribution in [0.5, 0.6) is 0 Å². The lowest BCUT2D eigenvalue weighted by Gasteiger charge is -2.11. The fourth-order valence-corrected chi connectivity index (χ4v) is 1.86. The average Bonchev–Trinajstić information content (AvgIpc) is 2.55. The molecule has 5 nitrogen and oxygen atoms in total. The molecule has 1 aliphatic rings. The number of amides is 1. The quantitative estimate of drug-likeness (QED) is 0.692. The normalized spacial score (nSPS) is 20.1. The maximum Gasteiger partial charge on any atom is 0.320 e. The fourth-order valence-electron chi connectivity index (χ4n) is 1.86. The number of para-hydroxylation sites is 1. The van der Waals surface area contributed by atoms with E-state index in [0.717, 1.165) is 11.3 Å². The molecule has 0 saturated heterocycles. The Hall–Kier alpha value is -1.88. The van der Waals surface area contributed by atoms with Crippen molar-refractivity contribution in [3.63, 3.8) is 0 Å². The van der Waals surface area contributed by atoms with E-state index < -0.39 is 17.9 Å². The van der Waals surface area contributed by atoms with E-state index in [1.54, 1.807) is 6.07 Å². The molecule has 1 heterocycles. The number of anilines is 1. The van der Waals surface area contributed by atoms with Crippen molar-refractivity contribution in [3.8, 4) is 0 Å². The highest BCUT2D eigenvalue weighted by Gasteiger charge is 2.32. The van der Waals surface area contributed by atoms with Gasteiger partial charge in [-0.05, 0) is 18.1 Å². The van der Waals surface area contributed by atoms with Crippen LogP contribution in [0.25, 0.3) is 0 Å². The first kappa shape index (κ1) is 10.6. The summed E-state index contributed by atoms with van der Waals surface area (Å²) in [7, 11) is 0. The van der Waals surface area contributed by atoms with Crippen LogP contribution in [0.3, 0.4) is 0 Å². The first-order valence-electron chi connectivity index (χ1n) is 4.98. The topological polar surface area (TPSA) is 92.4 Å². The van der Waals surface area contributed by atoms with Crippen molar-refractivity contribution < 1.29 is 14.7 Å². The van der Waals surface area contributed by atoms with Crippen LogP contribution in [0.4, 0.5) is 5.69 Å². The van der Waals surface area contributed by atoms with Gasteiger partial charge in [-0.3, -0.25) is 9.59 Å². The summed E-state index contributed by atoms with van der Waals surface area (Å²) in [6.07, 6.45) is 0.123. The minimum atomic E-state index is -1.09. The molecule has 4 N–H and O–H groups in total. The molecule has 0 spiro atoms. The zero-order valence-corrected chi connectivity index (χ0v) is 8.51. The average molecular weight is 220 g/mol. The Morgan fingerprint density at radius 3 is 2.88 bits per heavy atom. The number of fused-ring (bicyclic) bond motifs is 1. The van der Waals surface area contributed by atoms with E-state index in [0.29, 0.717) is 0 Å². The minimum absolute atomic E-state index is 0.123. The minimum Gasteiger partial charge on any atom is -0.480 e. The van der Waals surface area contributed by atoms with Gasteiger partial charge < -0.3 is 16.2 Å². The summed E-state index contributed by atoms with van der Waals surface area (Å²) in [5.41, 5.74) is 7.00. The van der Waals surface area contributed by atoms with Crippen LogP contribution >= 0.6 is 0 Å². The third-order valence-corrected chi connectivity index (χ3v) is 2.72. The van der Waals surface area contributed by atoms with Crippen LogP contribution in [0.1, 0.15) is 17.9 Å². The molecule has 0 fully saturated rings. The van der Waals surface area contributed by atoms with Crippen LogP contribution in [0, 0.1) is 0 Å². The largest absolute Gasteiger partial charge is 0.480 e. The Morgan fingerprint density at radius 1 is 1.50 bits per heavy atom. The molecule has 5 heteroatoms.